The molecule has 0 saturated carbocycles. The van der Waals surface area contributed by atoms with Gasteiger partial charge >= 0.3 is 12.0 Å². The largest absolute Gasteiger partial charge is 0.480 e. The number of carbonyl (C=O) groups excluding carboxylic acids is 1. The third kappa shape index (κ3) is 5.75. The predicted octanol–water partition coefficient (Wildman–Crippen LogP) is 4.82. The number of benzene rings is 1. The van der Waals surface area contributed by atoms with E-state index >= 15 is 0 Å². The lowest BCUT2D eigenvalue weighted by Crippen LogP contribution is -2.59. The number of aliphatic hydroxyl groups is 1. The highest BCUT2D eigenvalue weighted by molar-refractivity contribution is 7.20. The summed E-state index contributed by atoms with van der Waals surface area (Å²) in [6.45, 7) is 8.20. The zero-order valence-corrected chi connectivity index (χ0v) is 22.9. The summed E-state index contributed by atoms with van der Waals surface area (Å²) in [5.41, 5.74) is -0.166. The SMILES string of the molecule is Cc1c(-c2ncco2)sc2c1COCN(C(C)(C)C(=O)O)C(=O)N2C[C@H](OCC(C)(C)O)c1ccccc1. The van der Waals surface area contributed by atoms with E-state index < -0.39 is 29.2 Å². The van der Waals surface area contributed by atoms with Crippen molar-refractivity contribution in [2.45, 2.75) is 58.5 Å². The van der Waals surface area contributed by atoms with Crippen molar-refractivity contribution in [2.75, 3.05) is 24.8 Å². The molecule has 11 heteroatoms. The van der Waals surface area contributed by atoms with Gasteiger partial charge in [-0.05, 0) is 45.7 Å². The van der Waals surface area contributed by atoms with Gasteiger partial charge in [-0.3, -0.25) is 9.80 Å². The molecule has 38 heavy (non-hydrogen) atoms. The molecule has 204 valence electrons. The van der Waals surface area contributed by atoms with Gasteiger partial charge in [0, 0.05) is 5.56 Å². The number of carboxylic acids is 1. The van der Waals surface area contributed by atoms with Gasteiger partial charge in [-0.2, -0.15) is 0 Å². The number of aromatic nitrogens is 1. The second kappa shape index (κ2) is 10.9. The molecule has 0 aliphatic carbocycles. The van der Waals surface area contributed by atoms with Crippen LogP contribution in [0.25, 0.3) is 10.8 Å². The number of fused-ring (bicyclic) bond motifs is 1. The number of urea groups is 1. The van der Waals surface area contributed by atoms with Gasteiger partial charge in [0.25, 0.3) is 0 Å². The van der Waals surface area contributed by atoms with Crippen LogP contribution in [-0.4, -0.2) is 63.1 Å². The minimum absolute atomic E-state index is 0.0277. The van der Waals surface area contributed by atoms with Crippen LogP contribution in [0.2, 0.25) is 0 Å². The summed E-state index contributed by atoms with van der Waals surface area (Å²) in [6, 6.07) is 8.89. The van der Waals surface area contributed by atoms with Crippen molar-refractivity contribution in [3.63, 3.8) is 0 Å². The number of hydrogen-bond donors (Lipinski definition) is 2. The lowest BCUT2D eigenvalue weighted by atomic mass is 10.0. The first-order valence-electron chi connectivity index (χ1n) is 12.2. The molecule has 1 aliphatic rings. The molecule has 4 rings (SSSR count). The molecule has 2 amide bonds. The summed E-state index contributed by atoms with van der Waals surface area (Å²) >= 11 is 1.33. The van der Waals surface area contributed by atoms with Crippen molar-refractivity contribution in [2.24, 2.45) is 0 Å². The standard InChI is InChI=1S/C27H33N3O7S/c1-17-19-14-35-16-30(27(4,5)24(31)32)25(33)29(23(19)38-21(17)22-28-11-12-36-22)13-20(37-15-26(2,3)34)18-9-7-6-8-10-18/h6-12,20,34H,13-16H2,1-5H3,(H,31,32)/t20-/m0/s1. The molecule has 0 fully saturated rings. The molecule has 2 N–H and O–H groups in total. The number of hydrogen-bond acceptors (Lipinski definition) is 8. The minimum Gasteiger partial charge on any atom is -0.480 e. The fourth-order valence-electron chi connectivity index (χ4n) is 4.06. The number of thiophene rings is 1. The fraction of sp³-hybridized carbons (Fsp3) is 0.444. The molecule has 1 aromatic carbocycles. The average molecular weight is 544 g/mol. The average Bonchev–Trinajstić information content (AvgIpc) is 3.49. The fourth-order valence-corrected chi connectivity index (χ4v) is 5.31. The molecular formula is C27H33N3O7S. The number of nitrogens with zero attached hydrogens (tertiary/aromatic N) is 3. The van der Waals surface area contributed by atoms with E-state index in [-0.39, 0.29) is 26.5 Å². The van der Waals surface area contributed by atoms with Gasteiger partial charge in [-0.15, -0.1) is 11.3 Å². The maximum atomic E-state index is 14.2. The summed E-state index contributed by atoms with van der Waals surface area (Å²) < 4.78 is 17.6. The third-order valence-electron chi connectivity index (χ3n) is 6.41. The number of aliphatic carboxylic acids is 1. The summed E-state index contributed by atoms with van der Waals surface area (Å²) in [5, 5.41) is 20.9. The summed E-state index contributed by atoms with van der Waals surface area (Å²) in [7, 11) is 0. The van der Waals surface area contributed by atoms with E-state index in [1.54, 1.807) is 24.9 Å². The second-order valence-electron chi connectivity index (χ2n) is 10.4. The van der Waals surface area contributed by atoms with E-state index in [2.05, 4.69) is 4.98 Å². The number of ether oxygens (including phenoxy) is 2. The number of oxazole rings is 1. The Hall–Kier alpha value is -3.25. The lowest BCUT2D eigenvalue weighted by molar-refractivity contribution is -0.150. The van der Waals surface area contributed by atoms with E-state index in [9.17, 15) is 19.8 Å². The molecule has 2 aromatic heterocycles. The van der Waals surface area contributed by atoms with Crippen molar-refractivity contribution >= 4 is 28.3 Å². The van der Waals surface area contributed by atoms with Crippen LogP contribution in [0.5, 0.6) is 0 Å². The smallest absolute Gasteiger partial charge is 0.329 e. The lowest BCUT2D eigenvalue weighted by Gasteiger charge is -2.40. The molecule has 3 heterocycles. The van der Waals surface area contributed by atoms with Crippen LogP contribution in [0, 0.1) is 6.92 Å². The third-order valence-corrected chi connectivity index (χ3v) is 7.75. The molecule has 0 unspecified atom stereocenters. The zero-order chi connectivity index (χ0) is 27.7. The Morgan fingerprint density at radius 3 is 2.55 bits per heavy atom. The van der Waals surface area contributed by atoms with Gasteiger partial charge in [0.15, 0.2) is 0 Å². The van der Waals surface area contributed by atoms with Crippen LogP contribution >= 0.6 is 11.3 Å². The Balaban J connectivity index is 1.83. The highest BCUT2D eigenvalue weighted by Crippen LogP contribution is 2.44. The quantitative estimate of drug-likeness (QED) is 0.394. The molecule has 0 spiro atoms. The summed E-state index contributed by atoms with van der Waals surface area (Å²) in [5.74, 6) is -0.733. The number of rotatable bonds is 9. The van der Waals surface area contributed by atoms with E-state index in [1.165, 1.54) is 36.3 Å². The van der Waals surface area contributed by atoms with E-state index in [4.69, 9.17) is 13.9 Å². The monoisotopic (exact) mass is 543 g/mol. The van der Waals surface area contributed by atoms with Crippen LogP contribution in [0.4, 0.5) is 9.80 Å². The van der Waals surface area contributed by atoms with Crippen molar-refractivity contribution in [1.82, 2.24) is 9.88 Å². The summed E-state index contributed by atoms with van der Waals surface area (Å²) in [4.78, 5) is 34.1. The number of carboxylic acid groups (broad SMARTS) is 1. The van der Waals surface area contributed by atoms with Crippen LogP contribution in [0.1, 0.15) is 50.5 Å². The van der Waals surface area contributed by atoms with E-state index in [0.717, 1.165) is 21.6 Å². The Kier molecular flexibility index (Phi) is 7.93. The molecule has 3 aromatic rings. The Labute approximate surface area is 225 Å². The van der Waals surface area contributed by atoms with Crippen molar-refractivity contribution < 1.29 is 33.7 Å². The van der Waals surface area contributed by atoms with E-state index in [0.29, 0.717) is 10.9 Å². The first-order chi connectivity index (χ1) is 17.9. The highest BCUT2D eigenvalue weighted by Gasteiger charge is 2.43. The molecule has 1 atom stereocenters. The molecule has 0 saturated heterocycles. The molecule has 1 aliphatic heterocycles. The number of carbonyl (C=O) groups is 2. The zero-order valence-electron chi connectivity index (χ0n) is 22.1. The predicted molar refractivity (Wildman–Crippen MR) is 142 cm³/mol. The first-order valence-corrected chi connectivity index (χ1v) is 13.0. The maximum absolute atomic E-state index is 14.2. The van der Waals surface area contributed by atoms with Crippen LogP contribution in [0.15, 0.2) is 47.2 Å². The topological polar surface area (TPSA) is 126 Å². The van der Waals surface area contributed by atoms with Gasteiger partial charge in [0.1, 0.15) is 29.6 Å². The van der Waals surface area contributed by atoms with E-state index in [1.807, 2.05) is 37.3 Å². The molecule has 10 nitrogen and oxygen atoms in total. The number of amides is 2. The van der Waals surface area contributed by atoms with Gasteiger partial charge in [-0.1, -0.05) is 30.3 Å². The summed E-state index contributed by atoms with van der Waals surface area (Å²) in [6.07, 6.45) is 2.43. The van der Waals surface area contributed by atoms with Crippen LogP contribution in [-0.2, 0) is 20.9 Å². The Bertz CT molecular complexity index is 1270. The van der Waals surface area contributed by atoms with Gasteiger partial charge in [-0.25, -0.2) is 14.6 Å². The molecule has 0 radical (unpaired) electrons. The van der Waals surface area contributed by atoms with Gasteiger partial charge in [0.05, 0.1) is 36.4 Å². The molecule has 0 bridgehead atoms. The maximum Gasteiger partial charge on any atom is 0.329 e. The van der Waals surface area contributed by atoms with Crippen LogP contribution in [0.3, 0.4) is 0 Å². The first kappa shape index (κ1) is 27.8. The second-order valence-corrected chi connectivity index (χ2v) is 11.4. The van der Waals surface area contributed by atoms with Crippen molar-refractivity contribution in [1.29, 1.82) is 0 Å². The van der Waals surface area contributed by atoms with Gasteiger partial charge in [0.2, 0.25) is 5.89 Å². The molecular weight excluding hydrogens is 510 g/mol. The minimum atomic E-state index is -1.54. The van der Waals surface area contributed by atoms with Crippen molar-refractivity contribution in [3.05, 3.63) is 59.5 Å². The Morgan fingerprint density at radius 1 is 1.24 bits per heavy atom. The highest BCUT2D eigenvalue weighted by atomic mass is 32.1. The van der Waals surface area contributed by atoms with Crippen molar-refractivity contribution in [3.8, 4) is 10.8 Å². The van der Waals surface area contributed by atoms with Gasteiger partial charge < -0.3 is 24.1 Å². The normalized spacial score (nSPS) is 15.7. The van der Waals surface area contributed by atoms with Crippen LogP contribution < -0.4 is 4.90 Å². The number of anilines is 1. The Morgan fingerprint density at radius 2 is 1.95 bits per heavy atom.